The number of hydrogen-bond acceptors (Lipinski definition) is 6. The van der Waals surface area contributed by atoms with Crippen LogP contribution in [0.3, 0.4) is 0 Å². The van der Waals surface area contributed by atoms with Gasteiger partial charge < -0.3 is 10.1 Å². The molecule has 2 rings (SSSR count). The average molecular weight is 379 g/mol. The molecule has 26 heavy (non-hydrogen) atoms. The molecule has 1 aromatic rings. The van der Waals surface area contributed by atoms with Crippen molar-refractivity contribution in [3.05, 3.63) is 29.8 Å². The molecule has 0 aromatic heterocycles. The molecule has 1 saturated carbocycles. The Labute approximate surface area is 152 Å². The monoisotopic (exact) mass is 379 g/mol. The number of hydrogen-bond donors (Lipinski definition) is 2. The van der Waals surface area contributed by atoms with Gasteiger partial charge in [-0.25, -0.2) is 18.4 Å². The van der Waals surface area contributed by atoms with Gasteiger partial charge in [0.2, 0.25) is 10.0 Å². The zero-order valence-corrected chi connectivity index (χ0v) is 15.2. The summed E-state index contributed by atoms with van der Waals surface area (Å²) < 4.78 is 27.8. The number of rotatable bonds is 5. The van der Waals surface area contributed by atoms with Crippen molar-refractivity contribution in [1.29, 1.82) is 5.26 Å². The molecule has 0 radical (unpaired) electrons. The van der Waals surface area contributed by atoms with E-state index < -0.39 is 33.5 Å². The van der Waals surface area contributed by atoms with Crippen molar-refractivity contribution in [3.8, 4) is 6.07 Å². The molecule has 0 aliphatic heterocycles. The summed E-state index contributed by atoms with van der Waals surface area (Å²) in [4.78, 5) is 24.3. The standard InChI is InChI=1S/C17H21N3O5S/c1-12(15(21)20-17(11-18)8-3-2-4-9-17)25-16(22)13-6-5-7-14(10-13)26(19,23)24/h5-7,10,12H,2-4,8-9H2,1H3,(H,20,21)(H2,19,23,24)/t12-/m0/s1. The van der Waals surface area contributed by atoms with Crippen molar-refractivity contribution in [3.63, 3.8) is 0 Å². The minimum Gasteiger partial charge on any atom is -0.449 e. The van der Waals surface area contributed by atoms with Crippen molar-refractivity contribution >= 4 is 21.9 Å². The van der Waals surface area contributed by atoms with Crippen LogP contribution in [0.25, 0.3) is 0 Å². The summed E-state index contributed by atoms with van der Waals surface area (Å²) in [6.45, 7) is 1.39. The third-order valence-electron chi connectivity index (χ3n) is 4.33. The predicted molar refractivity (Wildman–Crippen MR) is 92.3 cm³/mol. The zero-order valence-electron chi connectivity index (χ0n) is 14.4. The molecule has 0 spiro atoms. The number of ether oxygens (including phenoxy) is 1. The number of nitriles is 1. The van der Waals surface area contributed by atoms with Gasteiger partial charge in [-0.1, -0.05) is 25.3 Å². The first-order valence-corrected chi connectivity index (χ1v) is 9.79. The van der Waals surface area contributed by atoms with E-state index in [-0.39, 0.29) is 10.5 Å². The summed E-state index contributed by atoms with van der Waals surface area (Å²) in [6.07, 6.45) is 2.71. The number of carbonyl (C=O) groups excluding carboxylic acids is 2. The molecule has 8 nitrogen and oxygen atoms in total. The number of amides is 1. The van der Waals surface area contributed by atoms with Crippen LogP contribution in [0, 0.1) is 11.3 Å². The Morgan fingerprint density at radius 2 is 1.96 bits per heavy atom. The Kier molecular flexibility index (Phi) is 6.00. The number of nitrogens with two attached hydrogens (primary N) is 1. The highest BCUT2D eigenvalue weighted by Crippen LogP contribution is 2.27. The molecule has 1 aliphatic rings. The predicted octanol–water partition coefficient (Wildman–Crippen LogP) is 1.22. The van der Waals surface area contributed by atoms with Gasteiger partial charge in [-0.05, 0) is 38.0 Å². The van der Waals surface area contributed by atoms with Crippen molar-refractivity contribution < 1.29 is 22.7 Å². The van der Waals surface area contributed by atoms with E-state index in [1.54, 1.807) is 0 Å². The van der Waals surface area contributed by atoms with Gasteiger partial charge in [0.05, 0.1) is 16.5 Å². The van der Waals surface area contributed by atoms with Crippen molar-refractivity contribution in [1.82, 2.24) is 5.32 Å². The van der Waals surface area contributed by atoms with E-state index in [4.69, 9.17) is 9.88 Å². The minimum atomic E-state index is -3.96. The summed E-state index contributed by atoms with van der Waals surface area (Å²) in [7, 11) is -3.96. The van der Waals surface area contributed by atoms with Crippen LogP contribution in [0.5, 0.6) is 0 Å². The molecule has 0 unspecified atom stereocenters. The lowest BCUT2D eigenvalue weighted by atomic mass is 9.83. The summed E-state index contributed by atoms with van der Waals surface area (Å²) in [5, 5.41) is 17.1. The summed E-state index contributed by atoms with van der Waals surface area (Å²) >= 11 is 0. The molecule has 0 bridgehead atoms. The van der Waals surface area contributed by atoms with Crippen molar-refractivity contribution in [2.24, 2.45) is 5.14 Å². The molecule has 0 saturated heterocycles. The second-order valence-electron chi connectivity index (χ2n) is 6.36. The Morgan fingerprint density at radius 1 is 1.31 bits per heavy atom. The lowest BCUT2D eigenvalue weighted by Gasteiger charge is -2.32. The topological polar surface area (TPSA) is 139 Å². The number of carbonyl (C=O) groups is 2. The largest absolute Gasteiger partial charge is 0.449 e. The molecule has 1 aliphatic carbocycles. The molecule has 0 heterocycles. The maximum Gasteiger partial charge on any atom is 0.338 e. The van der Waals surface area contributed by atoms with Crippen LogP contribution in [-0.4, -0.2) is 31.9 Å². The highest BCUT2D eigenvalue weighted by Gasteiger charge is 2.35. The minimum absolute atomic E-state index is 0.0381. The molecule has 140 valence electrons. The van der Waals surface area contributed by atoms with E-state index in [1.165, 1.54) is 25.1 Å². The van der Waals surface area contributed by atoms with Gasteiger partial charge in [-0.2, -0.15) is 5.26 Å². The molecular weight excluding hydrogens is 358 g/mol. The van der Waals surface area contributed by atoms with E-state index >= 15 is 0 Å². The van der Waals surface area contributed by atoms with Gasteiger partial charge >= 0.3 is 5.97 Å². The number of esters is 1. The molecular formula is C17H21N3O5S. The Morgan fingerprint density at radius 3 is 2.54 bits per heavy atom. The second-order valence-corrected chi connectivity index (χ2v) is 7.93. The van der Waals surface area contributed by atoms with E-state index in [0.29, 0.717) is 12.8 Å². The maximum atomic E-state index is 12.3. The van der Waals surface area contributed by atoms with Crippen molar-refractivity contribution in [2.75, 3.05) is 0 Å². The van der Waals surface area contributed by atoms with Crippen LogP contribution < -0.4 is 10.5 Å². The van der Waals surface area contributed by atoms with E-state index in [9.17, 15) is 23.3 Å². The maximum absolute atomic E-state index is 12.3. The molecule has 9 heteroatoms. The molecule has 1 atom stereocenters. The fourth-order valence-corrected chi connectivity index (χ4v) is 3.40. The molecule has 1 fully saturated rings. The highest BCUT2D eigenvalue weighted by molar-refractivity contribution is 7.89. The number of benzene rings is 1. The van der Waals surface area contributed by atoms with E-state index in [1.807, 2.05) is 0 Å². The molecule has 1 aromatic carbocycles. The molecule has 1 amide bonds. The first-order valence-electron chi connectivity index (χ1n) is 8.24. The third-order valence-corrected chi connectivity index (χ3v) is 5.25. The normalized spacial score (nSPS) is 17.6. The number of sulfonamides is 1. The van der Waals surface area contributed by atoms with Gasteiger partial charge in [0.25, 0.3) is 5.91 Å². The van der Waals surface area contributed by atoms with E-state index in [0.717, 1.165) is 25.3 Å². The fourth-order valence-electron chi connectivity index (χ4n) is 2.84. The summed E-state index contributed by atoms with van der Waals surface area (Å²) in [5.74, 6) is -1.42. The number of nitrogens with zero attached hydrogens (tertiary/aromatic N) is 1. The number of primary sulfonamides is 1. The quantitative estimate of drug-likeness (QED) is 0.737. The SMILES string of the molecule is C[C@H](OC(=O)c1cccc(S(N)(=O)=O)c1)C(=O)NC1(C#N)CCCCC1. The van der Waals surface area contributed by atoms with Crippen LogP contribution in [0.4, 0.5) is 0 Å². The van der Waals surface area contributed by atoms with Crippen LogP contribution >= 0.6 is 0 Å². The van der Waals surface area contributed by atoms with Gasteiger partial charge in [-0.3, -0.25) is 4.79 Å². The smallest absolute Gasteiger partial charge is 0.338 e. The Bertz CT molecular complexity index is 838. The van der Waals surface area contributed by atoms with Gasteiger partial charge in [0.1, 0.15) is 5.54 Å². The van der Waals surface area contributed by atoms with Crippen molar-refractivity contribution in [2.45, 2.75) is 55.6 Å². The molecule has 3 N–H and O–H groups in total. The van der Waals surface area contributed by atoms with Crippen LogP contribution in [0.15, 0.2) is 29.2 Å². The lowest BCUT2D eigenvalue weighted by molar-refractivity contribution is -0.130. The van der Waals surface area contributed by atoms with Gasteiger partial charge in [-0.15, -0.1) is 0 Å². The second kappa shape index (κ2) is 7.85. The fraction of sp³-hybridized carbons (Fsp3) is 0.471. The van der Waals surface area contributed by atoms with Crippen LogP contribution in [-0.2, 0) is 19.6 Å². The van der Waals surface area contributed by atoms with Gasteiger partial charge in [0, 0.05) is 0 Å². The first-order chi connectivity index (χ1) is 12.2. The average Bonchev–Trinajstić information content (AvgIpc) is 2.61. The highest BCUT2D eigenvalue weighted by atomic mass is 32.2. The van der Waals surface area contributed by atoms with Crippen LogP contribution in [0.1, 0.15) is 49.4 Å². The van der Waals surface area contributed by atoms with Gasteiger partial charge in [0.15, 0.2) is 6.10 Å². The third kappa shape index (κ3) is 4.80. The lowest BCUT2D eigenvalue weighted by Crippen LogP contribution is -2.52. The number of nitrogens with one attached hydrogen (secondary N) is 1. The first kappa shape index (κ1) is 19.9. The summed E-state index contributed by atoms with van der Waals surface area (Å²) in [6, 6.07) is 7.21. The zero-order chi connectivity index (χ0) is 19.4. The van der Waals surface area contributed by atoms with Crippen LogP contribution in [0.2, 0.25) is 0 Å². The Hall–Kier alpha value is -2.44. The Balaban J connectivity index is 2.05. The van der Waals surface area contributed by atoms with E-state index in [2.05, 4.69) is 11.4 Å². The summed E-state index contributed by atoms with van der Waals surface area (Å²) in [5.41, 5.74) is -0.965.